The lowest BCUT2D eigenvalue weighted by molar-refractivity contribution is 0.781. The molecule has 2 rings (SSSR count). The van der Waals surface area contributed by atoms with Gasteiger partial charge in [0.15, 0.2) is 0 Å². The van der Waals surface area contributed by atoms with Gasteiger partial charge in [-0.1, -0.05) is 6.92 Å². The highest BCUT2D eigenvalue weighted by Crippen LogP contribution is 2.31. The zero-order valence-electron chi connectivity index (χ0n) is 9.24. The van der Waals surface area contributed by atoms with E-state index in [0.29, 0.717) is 0 Å². The fourth-order valence-corrected chi connectivity index (χ4v) is 2.58. The van der Waals surface area contributed by atoms with E-state index in [-0.39, 0.29) is 0 Å². The van der Waals surface area contributed by atoms with Crippen molar-refractivity contribution in [1.82, 2.24) is 9.78 Å². The number of rotatable bonds is 2. The van der Waals surface area contributed by atoms with Gasteiger partial charge >= 0.3 is 0 Å². The first-order valence-electron chi connectivity index (χ1n) is 4.99. The SMILES string of the molecule is CCc1c(-c2cscc2C)nn(C)c1N. The molecule has 2 aromatic heterocycles. The highest BCUT2D eigenvalue weighted by atomic mass is 32.1. The summed E-state index contributed by atoms with van der Waals surface area (Å²) in [6.07, 6.45) is 0.921. The predicted octanol–water partition coefficient (Wildman–Crippen LogP) is 2.60. The lowest BCUT2D eigenvalue weighted by Gasteiger charge is -1.99. The summed E-state index contributed by atoms with van der Waals surface area (Å²) in [5.74, 6) is 0.776. The van der Waals surface area contributed by atoms with Crippen molar-refractivity contribution in [3.05, 3.63) is 21.9 Å². The molecule has 4 heteroatoms. The van der Waals surface area contributed by atoms with Crippen LogP contribution in [0.3, 0.4) is 0 Å². The maximum absolute atomic E-state index is 5.97. The van der Waals surface area contributed by atoms with Crippen LogP contribution in [0.4, 0.5) is 5.82 Å². The zero-order chi connectivity index (χ0) is 11.0. The molecule has 2 heterocycles. The number of thiophene rings is 1. The third kappa shape index (κ3) is 1.55. The number of nitrogen functional groups attached to an aromatic ring is 1. The molecule has 80 valence electrons. The van der Waals surface area contributed by atoms with E-state index in [9.17, 15) is 0 Å². The van der Waals surface area contributed by atoms with E-state index in [1.54, 1.807) is 16.0 Å². The maximum Gasteiger partial charge on any atom is 0.125 e. The van der Waals surface area contributed by atoms with Crippen LogP contribution in [0, 0.1) is 6.92 Å². The van der Waals surface area contributed by atoms with Crippen LogP contribution in [0.15, 0.2) is 10.8 Å². The van der Waals surface area contributed by atoms with Crippen LogP contribution in [0.1, 0.15) is 18.1 Å². The molecule has 0 aliphatic rings. The molecule has 0 unspecified atom stereocenters. The largest absolute Gasteiger partial charge is 0.384 e. The van der Waals surface area contributed by atoms with Crippen LogP contribution < -0.4 is 5.73 Å². The van der Waals surface area contributed by atoms with Crippen molar-refractivity contribution in [3.63, 3.8) is 0 Å². The minimum absolute atomic E-state index is 0.776. The van der Waals surface area contributed by atoms with E-state index in [1.165, 1.54) is 11.1 Å². The van der Waals surface area contributed by atoms with Gasteiger partial charge in [0, 0.05) is 23.6 Å². The van der Waals surface area contributed by atoms with Gasteiger partial charge in [-0.3, -0.25) is 4.68 Å². The summed E-state index contributed by atoms with van der Waals surface area (Å²) >= 11 is 1.71. The van der Waals surface area contributed by atoms with Gasteiger partial charge in [0.05, 0.1) is 5.69 Å². The molecule has 0 spiro atoms. The van der Waals surface area contributed by atoms with E-state index >= 15 is 0 Å². The first kappa shape index (κ1) is 10.2. The minimum atomic E-state index is 0.776. The Labute approximate surface area is 93.5 Å². The Morgan fingerprint density at radius 2 is 2.20 bits per heavy atom. The summed E-state index contributed by atoms with van der Waals surface area (Å²) in [5, 5.41) is 8.76. The molecule has 0 radical (unpaired) electrons. The lowest BCUT2D eigenvalue weighted by atomic mass is 10.1. The molecule has 2 aromatic rings. The molecule has 0 fully saturated rings. The molecule has 2 N–H and O–H groups in total. The van der Waals surface area contributed by atoms with Crippen LogP contribution in [-0.2, 0) is 13.5 Å². The fourth-order valence-electron chi connectivity index (χ4n) is 1.75. The molecular formula is C11H15N3S. The van der Waals surface area contributed by atoms with E-state index < -0.39 is 0 Å². The van der Waals surface area contributed by atoms with Gasteiger partial charge in [0.25, 0.3) is 0 Å². The van der Waals surface area contributed by atoms with Gasteiger partial charge in [-0.25, -0.2) is 0 Å². The molecule has 0 aliphatic heterocycles. The first-order chi connectivity index (χ1) is 7.15. The number of hydrogen-bond acceptors (Lipinski definition) is 3. The van der Waals surface area contributed by atoms with Crippen molar-refractivity contribution in [2.45, 2.75) is 20.3 Å². The van der Waals surface area contributed by atoms with E-state index in [1.807, 2.05) is 7.05 Å². The Kier molecular flexibility index (Phi) is 2.52. The second-order valence-corrected chi connectivity index (χ2v) is 4.40. The fraction of sp³-hybridized carbons (Fsp3) is 0.364. The van der Waals surface area contributed by atoms with Gasteiger partial charge in [-0.05, 0) is 24.3 Å². The molecule has 0 saturated heterocycles. The Hall–Kier alpha value is -1.29. The standard InChI is InChI=1S/C11H15N3S/c1-4-8-10(13-14(3)11(8)12)9-6-15-5-7(9)2/h5-6H,4,12H2,1-3H3. The smallest absolute Gasteiger partial charge is 0.125 e. The number of nitrogens with two attached hydrogens (primary N) is 1. The molecule has 0 saturated carbocycles. The van der Waals surface area contributed by atoms with Crippen LogP contribution in [0.5, 0.6) is 0 Å². The highest BCUT2D eigenvalue weighted by Gasteiger charge is 2.15. The molecule has 0 amide bonds. The summed E-state index contributed by atoms with van der Waals surface area (Å²) in [4.78, 5) is 0. The molecule has 15 heavy (non-hydrogen) atoms. The number of nitrogens with zero attached hydrogens (tertiary/aromatic N) is 2. The van der Waals surface area contributed by atoms with E-state index in [2.05, 4.69) is 29.7 Å². The van der Waals surface area contributed by atoms with Crippen molar-refractivity contribution < 1.29 is 0 Å². The summed E-state index contributed by atoms with van der Waals surface area (Å²) in [5.41, 5.74) is 10.6. The zero-order valence-corrected chi connectivity index (χ0v) is 10.1. The van der Waals surface area contributed by atoms with Crippen molar-refractivity contribution in [3.8, 4) is 11.3 Å². The average Bonchev–Trinajstić information content (AvgIpc) is 2.73. The van der Waals surface area contributed by atoms with Crippen molar-refractivity contribution in [2.75, 3.05) is 5.73 Å². The summed E-state index contributed by atoms with van der Waals surface area (Å²) in [6.45, 7) is 4.22. The monoisotopic (exact) mass is 221 g/mol. The second-order valence-electron chi connectivity index (χ2n) is 3.66. The third-order valence-electron chi connectivity index (χ3n) is 2.66. The quantitative estimate of drug-likeness (QED) is 0.847. The Morgan fingerprint density at radius 3 is 2.73 bits per heavy atom. The van der Waals surface area contributed by atoms with E-state index in [0.717, 1.165) is 23.5 Å². The van der Waals surface area contributed by atoms with Gasteiger partial charge in [0.1, 0.15) is 5.82 Å². The Morgan fingerprint density at radius 1 is 1.47 bits per heavy atom. The van der Waals surface area contributed by atoms with Crippen LogP contribution in [0.25, 0.3) is 11.3 Å². The Bertz CT molecular complexity index is 482. The third-order valence-corrected chi connectivity index (χ3v) is 3.52. The van der Waals surface area contributed by atoms with Gasteiger partial charge in [-0.2, -0.15) is 16.4 Å². The van der Waals surface area contributed by atoms with E-state index in [4.69, 9.17) is 5.73 Å². The average molecular weight is 221 g/mol. The molecule has 0 aliphatic carbocycles. The normalized spacial score (nSPS) is 10.9. The molecule has 3 nitrogen and oxygen atoms in total. The molecule has 0 atom stereocenters. The van der Waals surface area contributed by atoms with Gasteiger partial charge in [-0.15, -0.1) is 0 Å². The number of hydrogen-bond donors (Lipinski definition) is 1. The topological polar surface area (TPSA) is 43.8 Å². The van der Waals surface area contributed by atoms with Gasteiger partial charge in [0.2, 0.25) is 0 Å². The second kappa shape index (κ2) is 3.70. The summed E-state index contributed by atoms with van der Waals surface area (Å²) in [6, 6.07) is 0. The van der Waals surface area contributed by atoms with Crippen molar-refractivity contribution in [2.24, 2.45) is 7.05 Å². The lowest BCUT2D eigenvalue weighted by Crippen LogP contribution is -1.98. The van der Waals surface area contributed by atoms with Crippen LogP contribution >= 0.6 is 11.3 Å². The highest BCUT2D eigenvalue weighted by molar-refractivity contribution is 7.08. The summed E-state index contributed by atoms with van der Waals surface area (Å²) < 4.78 is 1.76. The maximum atomic E-state index is 5.97. The minimum Gasteiger partial charge on any atom is -0.384 e. The molecule has 0 bridgehead atoms. The van der Waals surface area contributed by atoms with Crippen molar-refractivity contribution in [1.29, 1.82) is 0 Å². The first-order valence-corrected chi connectivity index (χ1v) is 5.94. The van der Waals surface area contributed by atoms with Gasteiger partial charge < -0.3 is 5.73 Å². The predicted molar refractivity (Wildman–Crippen MR) is 65.0 cm³/mol. The number of anilines is 1. The molecule has 0 aromatic carbocycles. The van der Waals surface area contributed by atoms with Crippen LogP contribution in [0.2, 0.25) is 0 Å². The Balaban J connectivity index is 2.63. The summed E-state index contributed by atoms with van der Waals surface area (Å²) in [7, 11) is 1.89. The van der Waals surface area contributed by atoms with Crippen molar-refractivity contribution >= 4 is 17.2 Å². The number of aromatic nitrogens is 2. The molecular weight excluding hydrogens is 206 g/mol. The van der Waals surface area contributed by atoms with Crippen LogP contribution in [-0.4, -0.2) is 9.78 Å². The number of aryl methyl sites for hydroxylation is 2.